The van der Waals surface area contributed by atoms with Crippen LogP contribution in [0.15, 0.2) is 36.4 Å². The summed E-state index contributed by atoms with van der Waals surface area (Å²) < 4.78 is 29.2. The van der Waals surface area contributed by atoms with Crippen LogP contribution in [0.25, 0.3) is 10.9 Å². The molecule has 0 aliphatic heterocycles. The van der Waals surface area contributed by atoms with Crippen molar-refractivity contribution in [3.05, 3.63) is 64.3 Å². The smallest absolute Gasteiger partial charge is 0.379 e. The van der Waals surface area contributed by atoms with Crippen LogP contribution in [-0.4, -0.2) is 26.0 Å². The lowest BCUT2D eigenvalue weighted by Gasteiger charge is -2.13. The van der Waals surface area contributed by atoms with Gasteiger partial charge in [0.25, 0.3) is 0 Å². The molecule has 3 aromatic rings. The highest BCUT2D eigenvalue weighted by Crippen LogP contribution is 2.32. The van der Waals surface area contributed by atoms with E-state index in [9.17, 15) is 23.9 Å². The molecular weight excluding hydrogens is 356 g/mol. The first-order valence-corrected chi connectivity index (χ1v) is 8.00. The van der Waals surface area contributed by atoms with E-state index >= 15 is 0 Å². The number of aromatic nitrogens is 2. The Morgan fingerprint density at radius 3 is 2.70 bits per heavy atom. The Labute approximate surface area is 152 Å². The van der Waals surface area contributed by atoms with Crippen molar-refractivity contribution in [2.45, 2.75) is 26.0 Å². The summed E-state index contributed by atoms with van der Waals surface area (Å²) in [5, 5.41) is 32.3. The molecule has 2 N–H and O–H groups in total. The van der Waals surface area contributed by atoms with E-state index in [1.807, 2.05) is 13.0 Å². The molecule has 6 nitrogen and oxygen atoms in total. The van der Waals surface area contributed by atoms with Crippen molar-refractivity contribution >= 4 is 16.9 Å². The summed E-state index contributed by atoms with van der Waals surface area (Å²) in [6.45, 7) is 1.53. The number of aliphatic hydroxyl groups excluding tert-OH is 1. The average molecular weight is 371 g/mol. The molecule has 0 unspecified atom stereocenters. The normalized spacial score (nSPS) is 11.5. The lowest BCUT2D eigenvalue weighted by atomic mass is 10.0. The predicted octanol–water partition coefficient (Wildman–Crippen LogP) is 2.93. The number of fused-ring (bicyclic) bond motifs is 1. The van der Waals surface area contributed by atoms with Crippen molar-refractivity contribution in [2.75, 3.05) is 0 Å². The van der Waals surface area contributed by atoms with E-state index in [0.717, 1.165) is 17.7 Å². The zero-order chi connectivity index (χ0) is 19.8. The molecule has 8 heteroatoms. The third kappa shape index (κ3) is 3.13. The predicted molar refractivity (Wildman–Crippen MR) is 92.2 cm³/mol. The standard InChI is InChI=1S/C19H15F2N3O3/c1-11-3-2-4-12(8-22)15(11)9-24-17-7-13(19(20,21)18(26)27)5-6-14(17)16(10-25)23-24/h2-7,25H,9-10H2,1H3,(H,26,27). The molecule has 0 bridgehead atoms. The summed E-state index contributed by atoms with van der Waals surface area (Å²) >= 11 is 0. The lowest BCUT2D eigenvalue weighted by Crippen LogP contribution is -2.25. The van der Waals surface area contributed by atoms with Crippen molar-refractivity contribution in [1.82, 2.24) is 9.78 Å². The van der Waals surface area contributed by atoms with E-state index < -0.39 is 24.1 Å². The molecule has 0 saturated heterocycles. The Hall–Kier alpha value is -3.31. The second-order valence-electron chi connectivity index (χ2n) is 6.09. The number of carboxylic acid groups (broad SMARTS) is 1. The number of hydrogen-bond acceptors (Lipinski definition) is 4. The van der Waals surface area contributed by atoms with Gasteiger partial charge in [-0.05, 0) is 30.2 Å². The number of hydrogen-bond donors (Lipinski definition) is 2. The van der Waals surface area contributed by atoms with Gasteiger partial charge >= 0.3 is 11.9 Å². The second kappa shape index (κ2) is 6.78. The minimum atomic E-state index is -4.05. The fourth-order valence-electron chi connectivity index (χ4n) is 2.97. The first-order chi connectivity index (χ1) is 12.8. The molecule has 0 aliphatic rings. The monoisotopic (exact) mass is 371 g/mol. The SMILES string of the molecule is Cc1cccc(C#N)c1Cn1nc(CO)c2ccc(C(F)(F)C(=O)O)cc21. The Balaban J connectivity index is 2.19. The number of carboxylic acids is 1. The van der Waals surface area contributed by atoms with Crippen LogP contribution in [0.2, 0.25) is 0 Å². The Bertz CT molecular complexity index is 1080. The second-order valence-corrected chi connectivity index (χ2v) is 6.09. The zero-order valence-corrected chi connectivity index (χ0v) is 14.3. The molecule has 138 valence electrons. The van der Waals surface area contributed by atoms with Crippen molar-refractivity contribution in [1.29, 1.82) is 5.26 Å². The first kappa shape index (κ1) is 18.5. The van der Waals surface area contributed by atoms with Gasteiger partial charge in [0.1, 0.15) is 0 Å². The number of nitriles is 1. The molecule has 0 fully saturated rings. The fourth-order valence-corrected chi connectivity index (χ4v) is 2.97. The van der Waals surface area contributed by atoms with Crippen molar-refractivity contribution in [3.63, 3.8) is 0 Å². The van der Waals surface area contributed by atoms with Crippen LogP contribution in [0.1, 0.15) is 27.9 Å². The summed E-state index contributed by atoms with van der Waals surface area (Å²) in [5.74, 6) is -6.30. The average Bonchev–Trinajstić information content (AvgIpc) is 3.00. The van der Waals surface area contributed by atoms with Gasteiger partial charge in [0, 0.05) is 10.9 Å². The summed E-state index contributed by atoms with van der Waals surface area (Å²) in [6, 6.07) is 10.7. The van der Waals surface area contributed by atoms with Crippen molar-refractivity contribution in [3.8, 4) is 6.07 Å². The molecule has 1 heterocycles. The molecule has 27 heavy (non-hydrogen) atoms. The molecule has 2 aromatic carbocycles. The van der Waals surface area contributed by atoms with Crippen LogP contribution in [0, 0.1) is 18.3 Å². The van der Waals surface area contributed by atoms with Gasteiger partial charge < -0.3 is 10.2 Å². The first-order valence-electron chi connectivity index (χ1n) is 8.00. The number of aryl methyl sites for hydroxylation is 1. The van der Waals surface area contributed by atoms with E-state index in [4.69, 9.17) is 5.11 Å². The highest BCUT2D eigenvalue weighted by atomic mass is 19.3. The molecular formula is C19H15F2N3O3. The number of rotatable bonds is 5. The van der Waals surface area contributed by atoms with Gasteiger partial charge in [-0.3, -0.25) is 4.68 Å². The maximum Gasteiger partial charge on any atom is 0.379 e. The molecule has 1 aromatic heterocycles. The number of nitrogens with zero attached hydrogens (tertiary/aromatic N) is 3. The van der Waals surface area contributed by atoms with Gasteiger partial charge in [-0.25, -0.2) is 4.79 Å². The Morgan fingerprint density at radius 2 is 2.07 bits per heavy atom. The fraction of sp³-hybridized carbons (Fsp3) is 0.211. The van der Waals surface area contributed by atoms with Crippen LogP contribution < -0.4 is 0 Å². The van der Waals surface area contributed by atoms with Gasteiger partial charge in [0.2, 0.25) is 0 Å². The van der Waals surface area contributed by atoms with Crippen molar-refractivity contribution in [2.24, 2.45) is 0 Å². The van der Waals surface area contributed by atoms with Gasteiger partial charge in [0.15, 0.2) is 0 Å². The van der Waals surface area contributed by atoms with Crippen LogP contribution in [0.4, 0.5) is 8.78 Å². The van der Waals surface area contributed by atoms with Crippen LogP contribution in [0.3, 0.4) is 0 Å². The van der Waals surface area contributed by atoms with E-state index in [0.29, 0.717) is 16.5 Å². The Kier molecular flexibility index (Phi) is 4.64. The molecule has 0 amide bonds. The molecule has 3 rings (SSSR count). The minimum absolute atomic E-state index is 0.119. The molecule has 0 aliphatic carbocycles. The topological polar surface area (TPSA) is 99.1 Å². The molecule has 0 radical (unpaired) electrons. The highest BCUT2D eigenvalue weighted by Gasteiger charge is 2.41. The third-order valence-electron chi connectivity index (χ3n) is 4.45. The zero-order valence-electron chi connectivity index (χ0n) is 14.3. The van der Waals surface area contributed by atoms with Crippen LogP contribution in [0.5, 0.6) is 0 Å². The quantitative estimate of drug-likeness (QED) is 0.718. The van der Waals surface area contributed by atoms with E-state index in [2.05, 4.69) is 11.2 Å². The summed E-state index contributed by atoms with van der Waals surface area (Å²) in [5.41, 5.74) is 1.78. The highest BCUT2D eigenvalue weighted by molar-refractivity contribution is 5.85. The summed E-state index contributed by atoms with van der Waals surface area (Å²) in [6.07, 6.45) is 0. The largest absolute Gasteiger partial charge is 0.477 e. The van der Waals surface area contributed by atoms with Crippen LogP contribution in [-0.2, 0) is 23.9 Å². The molecule has 0 spiro atoms. The van der Waals surface area contributed by atoms with Gasteiger partial charge in [-0.1, -0.05) is 24.3 Å². The van der Waals surface area contributed by atoms with Gasteiger partial charge in [-0.15, -0.1) is 0 Å². The van der Waals surface area contributed by atoms with Crippen molar-refractivity contribution < 1.29 is 23.8 Å². The van der Waals surface area contributed by atoms with Gasteiger partial charge in [0.05, 0.1) is 36.0 Å². The third-order valence-corrected chi connectivity index (χ3v) is 4.45. The maximum absolute atomic E-state index is 13.9. The van der Waals surface area contributed by atoms with E-state index in [1.54, 1.807) is 12.1 Å². The number of carbonyl (C=O) groups is 1. The Morgan fingerprint density at radius 1 is 1.33 bits per heavy atom. The maximum atomic E-state index is 13.9. The summed E-state index contributed by atoms with van der Waals surface area (Å²) in [7, 11) is 0. The van der Waals surface area contributed by atoms with E-state index in [-0.39, 0.29) is 17.8 Å². The number of aliphatic hydroxyl groups is 1. The summed E-state index contributed by atoms with van der Waals surface area (Å²) in [4.78, 5) is 10.9. The van der Waals surface area contributed by atoms with Gasteiger partial charge in [-0.2, -0.15) is 19.1 Å². The van der Waals surface area contributed by atoms with E-state index in [1.165, 1.54) is 10.7 Å². The minimum Gasteiger partial charge on any atom is -0.477 e. The molecule has 0 saturated carbocycles. The number of halogens is 2. The van der Waals surface area contributed by atoms with Crippen LogP contribution >= 0.6 is 0 Å². The number of aliphatic carboxylic acids is 1. The molecule has 0 atom stereocenters. The lowest BCUT2D eigenvalue weighted by molar-refractivity contribution is -0.166. The number of alkyl halides is 2. The number of benzene rings is 2.